The fraction of sp³-hybridized carbons (Fsp3) is 0.381. The van der Waals surface area contributed by atoms with E-state index in [1.807, 2.05) is 29.2 Å². The molecule has 2 aromatic carbocycles. The minimum absolute atomic E-state index is 0.0167. The Kier molecular flexibility index (Phi) is 5.55. The van der Waals surface area contributed by atoms with E-state index in [9.17, 15) is 13.2 Å². The smallest absolute Gasteiger partial charge is 0.241 e. The van der Waals surface area contributed by atoms with Crippen molar-refractivity contribution < 1.29 is 17.9 Å². The number of piperazine rings is 1. The largest absolute Gasteiger partial charge is 0.496 e. The number of methoxy groups -OCH3 is 1. The van der Waals surface area contributed by atoms with Crippen LogP contribution in [0.1, 0.15) is 5.56 Å². The lowest BCUT2D eigenvalue weighted by molar-refractivity contribution is -0.123. The molecule has 0 aromatic heterocycles. The summed E-state index contributed by atoms with van der Waals surface area (Å²) >= 11 is 5.97. The van der Waals surface area contributed by atoms with Crippen LogP contribution in [0.3, 0.4) is 0 Å². The molecular weight excluding hydrogens is 412 g/mol. The lowest BCUT2D eigenvalue weighted by Crippen LogP contribution is -2.62. The zero-order valence-corrected chi connectivity index (χ0v) is 17.7. The van der Waals surface area contributed by atoms with E-state index in [2.05, 4.69) is 0 Å². The van der Waals surface area contributed by atoms with Crippen LogP contribution in [0.15, 0.2) is 48.5 Å². The van der Waals surface area contributed by atoms with Crippen LogP contribution < -0.4 is 9.64 Å². The standard InChI is InChI=1S/C21H23ClN2O4S/c1-28-20-5-3-2-4-15(20)10-11-23-12-21(25)24(17-8-6-16(22)7-9-17)19-14-29(26,27)13-18(19)23/h2-9,18-19H,10-14H2,1H3. The van der Waals surface area contributed by atoms with Gasteiger partial charge < -0.3 is 9.64 Å². The average Bonchev–Trinajstić information content (AvgIpc) is 3.02. The number of hydrogen-bond donors (Lipinski definition) is 0. The molecule has 29 heavy (non-hydrogen) atoms. The number of para-hydroxylation sites is 1. The van der Waals surface area contributed by atoms with Gasteiger partial charge in [-0.2, -0.15) is 0 Å². The Hall–Kier alpha value is -2.09. The number of nitrogens with zero attached hydrogens (tertiary/aromatic N) is 2. The Morgan fingerprint density at radius 3 is 2.48 bits per heavy atom. The topological polar surface area (TPSA) is 66.9 Å². The maximum atomic E-state index is 13.0. The van der Waals surface area contributed by atoms with E-state index in [1.54, 1.807) is 36.3 Å². The second-order valence-corrected chi connectivity index (χ2v) is 10.1. The molecule has 0 saturated carbocycles. The van der Waals surface area contributed by atoms with E-state index in [1.165, 1.54) is 0 Å². The highest BCUT2D eigenvalue weighted by molar-refractivity contribution is 7.91. The monoisotopic (exact) mass is 434 g/mol. The zero-order chi connectivity index (χ0) is 20.6. The Labute approximate surface area is 175 Å². The van der Waals surface area contributed by atoms with Gasteiger partial charge in [0.2, 0.25) is 5.91 Å². The summed E-state index contributed by atoms with van der Waals surface area (Å²) in [5.74, 6) is 0.762. The van der Waals surface area contributed by atoms with Gasteiger partial charge in [-0.3, -0.25) is 9.69 Å². The third kappa shape index (κ3) is 4.13. The molecule has 2 fully saturated rings. The summed E-state index contributed by atoms with van der Waals surface area (Å²) in [6.45, 7) is 0.783. The number of halogens is 1. The molecule has 154 valence electrons. The molecule has 2 aliphatic rings. The SMILES string of the molecule is COc1ccccc1CCN1CC(=O)N(c2ccc(Cl)cc2)C2CS(=O)(=O)CC21. The first-order chi connectivity index (χ1) is 13.9. The van der Waals surface area contributed by atoms with E-state index in [0.29, 0.717) is 23.7 Å². The second kappa shape index (κ2) is 7.97. The van der Waals surface area contributed by atoms with Crippen LogP contribution in [0, 0.1) is 0 Å². The first-order valence-corrected chi connectivity index (χ1v) is 11.7. The molecule has 2 saturated heterocycles. The third-order valence-corrected chi connectivity index (χ3v) is 7.62. The number of carbonyl (C=O) groups excluding carboxylic acids is 1. The van der Waals surface area contributed by atoms with Crippen LogP contribution in [-0.4, -0.2) is 63.0 Å². The third-order valence-electron chi connectivity index (χ3n) is 5.67. The van der Waals surface area contributed by atoms with Crippen molar-refractivity contribution >= 4 is 33.0 Å². The van der Waals surface area contributed by atoms with Crippen LogP contribution in [0.2, 0.25) is 5.02 Å². The quantitative estimate of drug-likeness (QED) is 0.723. The normalized spacial score (nSPS) is 23.8. The first-order valence-electron chi connectivity index (χ1n) is 9.52. The highest BCUT2D eigenvalue weighted by atomic mass is 35.5. The molecule has 1 amide bonds. The molecule has 2 heterocycles. The van der Waals surface area contributed by atoms with Gasteiger partial charge >= 0.3 is 0 Å². The van der Waals surface area contributed by atoms with Crippen LogP contribution in [0.5, 0.6) is 5.75 Å². The van der Waals surface area contributed by atoms with Gasteiger partial charge in [0.25, 0.3) is 0 Å². The van der Waals surface area contributed by atoms with Crippen molar-refractivity contribution in [2.45, 2.75) is 18.5 Å². The van der Waals surface area contributed by atoms with Crippen molar-refractivity contribution in [3.63, 3.8) is 0 Å². The summed E-state index contributed by atoms with van der Waals surface area (Å²) in [6.07, 6.45) is 0.682. The molecule has 0 N–H and O–H groups in total. The predicted molar refractivity (Wildman–Crippen MR) is 113 cm³/mol. The Bertz CT molecular complexity index is 1010. The number of fused-ring (bicyclic) bond motifs is 1. The van der Waals surface area contributed by atoms with Crippen molar-refractivity contribution in [1.29, 1.82) is 0 Å². The van der Waals surface area contributed by atoms with E-state index in [4.69, 9.17) is 16.3 Å². The van der Waals surface area contributed by atoms with Crippen LogP contribution in [0.25, 0.3) is 0 Å². The molecule has 4 rings (SSSR count). The maximum Gasteiger partial charge on any atom is 0.241 e. The summed E-state index contributed by atoms with van der Waals surface area (Å²) in [5, 5.41) is 0.576. The van der Waals surface area contributed by atoms with Crippen LogP contribution >= 0.6 is 11.6 Å². The average molecular weight is 435 g/mol. The number of sulfone groups is 1. The number of ether oxygens (including phenoxy) is 1. The van der Waals surface area contributed by atoms with Crippen molar-refractivity contribution in [2.24, 2.45) is 0 Å². The molecule has 0 spiro atoms. The second-order valence-electron chi connectivity index (χ2n) is 7.48. The Morgan fingerprint density at radius 1 is 1.07 bits per heavy atom. The highest BCUT2D eigenvalue weighted by Gasteiger charge is 2.49. The van der Waals surface area contributed by atoms with Crippen molar-refractivity contribution in [3.05, 3.63) is 59.1 Å². The van der Waals surface area contributed by atoms with Crippen molar-refractivity contribution in [2.75, 3.05) is 36.6 Å². The highest BCUT2D eigenvalue weighted by Crippen LogP contribution is 2.32. The van der Waals surface area contributed by atoms with Crippen LogP contribution in [-0.2, 0) is 21.1 Å². The molecule has 0 radical (unpaired) electrons. The van der Waals surface area contributed by atoms with Gasteiger partial charge in [-0.1, -0.05) is 29.8 Å². The molecule has 8 heteroatoms. The molecule has 2 aliphatic heterocycles. The number of benzene rings is 2. The molecule has 0 bridgehead atoms. The van der Waals surface area contributed by atoms with Gasteiger partial charge in [0.05, 0.1) is 31.2 Å². The van der Waals surface area contributed by atoms with E-state index in [-0.39, 0.29) is 36.0 Å². The molecule has 6 nitrogen and oxygen atoms in total. The van der Waals surface area contributed by atoms with Gasteiger partial charge in [-0.25, -0.2) is 8.42 Å². The first kappa shape index (κ1) is 20.2. The van der Waals surface area contributed by atoms with Gasteiger partial charge in [0.15, 0.2) is 9.84 Å². The summed E-state index contributed by atoms with van der Waals surface area (Å²) < 4.78 is 30.3. The van der Waals surface area contributed by atoms with Gasteiger partial charge in [-0.05, 0) is 42.3 Å². The predicted octanol–water partition coefficient (Wildman–Crippen LogP) is 2.41. The number of amides is 1. The van der Waals surface area contributed by atoms with Crippen molar-refractivity contribution in [3.8, 4) is 5.75 Å². The lowest BCUT2D eigenvalue weighted by Gasteiger charge is -2.43. The summed E-state index contributed by atoms with van der Waals surface area (Å²) in [6, 6.07) is 14.1. The molecular formula is C21H23ClN2O4S. The Balaban J connectivity index is 1.58. The molecule has 0 aliphatic carbocycles. The molecule has 2 aromatic rings. The minimum atomic E-state index is -3.22. The molecule has 2 unspecified atom stereocenters. The van der Waals surface area contributed by atoms with Gasteiger partial charge in [0, 0.05) is 23.3 Å². The maximum absolute atomic E-state index is 13.0. The van der Waals surface area contributed by atoms with E-state index < -0.39 is 9.84 Å². The van der Waals surface area contributed by atoms with Gasteiger partial charge in [0.1, 0.15) is 5.75 Å². The molecule has 2 atom stereocenters. The van der Waals surface area contributed by atoms with Gasteiger partial charge in [-0.15, -0.1) is 0 Å². The number of hydrogen-bond acceptors (Lipinski definition) is 5. The van der Waals surface area contributed by atoms with Crippen LogP contribution in [0.4, 0.5) is 5.69 Å². The Morgan fingerprint density at radius 2 is 1.76 bits per heavy atom. The van der Waals surface area contributed by atoms with E-state index in [0.717, 1.165) is 11.3 Å². The lowest BCUT2D eigenvalue weighted by atomic mass is 10.0. The summed E-state index contributed by atoms with van der Waals surface area (Å²) in [5.41, 5.74) is 1.73. The zero-order valence-electron chi connectivity index (χ0n) is 16.1. The van der Waals surface area contributed by atoms with E-state index >= 15 is 0 Å². The fourth-order valence-corrected chi connectivity index (χ4v) is 6.42. The summed E-state index contributed by atoms with van der Waals surface area (Å²) in [7, 11) is -1.58. The number of rotatable bonds is 5. The summed E-state index contributed by atoms with van der Waals surface area (Å²) in [4.78, 5) is 16.7. The minimum Gasteiger partial charge on any atom is -0.496 e. The number of carbonyl (C=O) groups is 1. The van der Waals surface area contributed by atoms with Crippen molar-refractivity contribution in [1.82, 2.24) is 4.90 Å². The fourth-order valence-electron chi connectivity index (χ4n) is 4.31. The number of anilines is 1.